The van der Waals surface area contributed by atoms with Crippen LogP contribution in [0.3, 0.4) is 0 Å². The first-order chi connectivity index (χ1) is 10.0. The second-order valence-electron chi connectivity index (χ2n) is 4.32. The van der Waals surface area contributed by atoms with Gasteiger partial charge in [-0.05, 0) is 24.3 Å². The van der Waals surface area contributed by atoms with E-state index >= 15 is 0 Å². The van der Waals surface area contributed by atoms with Gasteiger partial charge in [-0.25, -0.2) is 0 Å². The third-order valence-electron chi connectivity index (χ3n) is 2.98. The van der Waals surface area contributed by atoms with Crippen LogP contribution in [0.4, 0.5) is 5.69 Å². The number of carbonyl (C=O) groups excluding carboxylic acids is 1. The van der Waals surface area contributed by atoms with E-state index in [9.17, 15) is 4.79 Å². The van der Waals surface area contributed by atoms with E-state index in [0.29, 0.717) is 27.0 Å². The number of primary amides is 1. The molecule has 1 unspecified atom stereocenters. The number of hydrogen-bond acceptors (Lipinski definition) is 3. The Labute approximate surface area is 132 Å². The summed E-state index contributed by atoms with van der Waals surface area (Å²) in [5.74, 6) is -0.104. The molecule has 0 spiro atoms. The van der Waals surface area contributed by atoms with Crippen molar-refractivity contribution in [1.29, 1.82) is 0 Å². The third kappa shape index (κ3) is 3.40. The van der Waals surface area contributed by atoms with Crippen molar-refractivity contribution in [3.05, 3.63) is 58.1 Å². The van der Waals surface area contributed by atoms with Crippen molar-refractivity contribution in [3.63, 3.8) is 0 Å². The van der Waals surface area contributed by atoms with Gasteiger partial charge < -0.3 is 15.8 Å². The summed E-state index contributed by atoms with van der Waals surface area (Å²) in [5.41, 5.74) is 6.57. The Kier molecular flexibility index (Phi) is 4.94. The molecule has 0 aliphatic carbocycles. The number of methoxy groups -OCH3 is 1. The van der Waals surface area contributed by atoms with Crippen LogP contribution in [-0.4, -0.2) is 13.0 Å². The Morgan fingerprint density at radius 3 is 2.43 bits per heavy atom. The summed E-state index contributed by atoms with van der Waals surface area (Å²) in [6, 6.07) is 11.3. The Bertz CT molecular complexity index is 662. The molecular formula is C15H14Cl2N2O2. The first-order valence-electron chi connectivity index (χ1n) is 6.17. The Morgan fingerprint density at radius 1 is 1.14 bits per heavy atom. The Morgan fingerprint density at radius 2 is 1.81 bits per heavy atom. The van der Waals surface area contributed by atoms with Crippen molar-refractivity contribution < 1.29 is 9.53 Å². The minimum Gasteiger partial charge on any atom is -0.496 e. The fraction of sp³-hybridized carbons (Fsp3) is 0.133. The maximum Gasteiger partial charge on any atom is 0.244 e. The topological polar surface area (TPSA) is 64.3 Å². The molecule has 0 aliphatic rings. The smallest absolute Gasteiger partial charge is 0.244 e. The van der Waals surface area contributed by atoms with E-state index in [1.807, 2.05) is 0 Å². The SMILES string of the molecule is COc1cccc(Cl)c1C(Nc1ccccc1Cl)C(N)=O. The van der Waals surface area contributed by atoms with Gasteiger partial charge in [-0.2, -0.15) is 0 Å². The molecule has 0 fully saturated rings. The molecule has 110 valence electrons. The number of para-hydroxylation sites is 1. The third-order valence-corrected chi connectivity index (χ3v) is 3.64. The minimum atomic E-state index is -0.853. The van der Waals surface area contributed by atoms with E-state index in [2.05, 4.69) is 5.32 Å². The van der Waals surface area contributed by atoms with Gasteiger partial charge in [0.05, 0.1) is 22.8 Å². The van der Waals surface area contributed by atoms with Gasteiger partial charge in [0.15, 0.2) is 0 Å². The van der Waals surface area contributed by atoms with Crippen molar-refractivity contribution in [2.45, 2.75) is 6.04 Å². The Hall–Kier alpha value is -1.91. The van der Waals surface area contributed by atoms with Crippen LogP contribution in [0.15, 0.2) is 42.5 Å². The van der Waals surface area contributed by atoms with Crippen LogP contribution in [0.2, 0.25) is 10.0 Å². The summed E-state index contributed by atoms with van der Waals surface area (Å²) in [4.78, 5) is 11.8. The fourth-order valence-electron chi connectivity index (χ4n) is 1.99. The van der Waals surface area contributed by atoms with Crippen LogP contribution in [-0.2, 0) is 4.79 Å². The van der Waals surface area contributed by atoms with Crippen LogP contribution < -0.4 is 15.8 Å². The first-order valence-corrected chi connectivity index (χ1v) is 6.93. The fourth-order valence-corrected chi connectivity index (χ4v) is 2.46. The molecule has 2 aromatic rings. The van der Waals surface area contributed by atoms with Crippen molar-refractivity contribution in [2.24, 2.45) is 5.73 Å². The van der Waals surface area contributed by atoms with Gasteiger partial charge >= 0.3 is 0 Å². The molecule has 0 aliphatic heterocycles. The number of nitrogens with one attached hydrogen (secondary N) is 1. The highest BCUT2D eigenvalue weighted by Crippen LogP contribution is 2.35. The number of carbonyl (C=O) groups is 1. The molecule has 1 amide bonds. The normalized spacial score (nSPS) is 11.8. The van der Waals surface area contributed by atoms with E-state index in [1.165, 1.54) is 7.11 Å². The van der Waals surface area contributed by atoms with Crippen molar-refractivity contribution in [3.8, 4) is 5.75 Å². The highest BCUT2D eigenvalue weighted by Gasteiger charge is 2.25. The molecule has 1 atom stereocenters. The summed E-state index contributed by atoms with van der Waals surface area (Å²) in [6.45, 7) is 0. The number of anilines is 1. The monoisotopic (exact) mass is 324 g/mol. The number of nitrogens with two attached hydrogens (primary N) is 1. The summed E-state index contributed by atoms with van der Waals surface area (Å²) >= 11 is 12.3. The number of ether oxygens (including phenoxy) is 1. The largest absolute Gasteiger partial charge is 0.496 e. The molecule has 0 aromatic heterocycles. The molecule has 0 heterocycles. The van der Waals surface area contributed by atoms with Crippen LogP contribution in [0.5, 0.6) is 5.75 Å². The van der Waals surface area contributed by atoms with Gasteiger partial charge in [-0.3, -0.25) is 4.79 Å². The molecule has 21 heavy (non-hydrogen) atoms. The lowest BCUT2D eigenvalue weighted by atomic mass is 10.0. The average molecular weight is 325 g/mol. The van der Waals surface area contributed by atoms with Crippen LogP contribution in [0.1, 0.15) is 11.6 Å². The summed E-state index contributed by atoms with van der Waals surface area (Å²) in [6.07, 6.45) is 0. The molecule has 0 radical (unpaired) electrons. The van der Waals surface area contributed by atoms with Gasteiger partial charge in [0.25, 0.3) is 0 Å². The predicted octanol–water partition coefficient (Wildman–Crippen LogP) is 3.64. The van der Waals surface area contributed by atoms with Crippen molar-refractivity contribution >= 4 is 34.8 Å². The molecule has 0 bridgehead atoms. The minimum absolute atomic E-state index is 0.387. The molecule has 2 aromatic carbocycles. The Balaban J connectivity index is 2.46. The van der Waals surface area contributed by atoms with Crippen LogP contribution in [0.25, 0.3) is 0 Å². The van der Waals surface area contributed by atoms with Gasteiger partial charge in [0.2, 0.25) is 5.91 Å². The summed E-state index contributed by atoms with van der Waals surface area (Å²) in [5, 5.41) is 3.88. The summed E-state index contributed by atoms with van der Waals surface area (Å²) < 4.78 is 5.26. The lowest BCUT2D eigenvalue weighted by molar-refractivity contribution is -0.118. The number of halogens is 2. The molecule has 2 rings (SSSR count). The molecular weight excluding hydrogens is 311 g/mol. The van der Waals surface area contributed by atoms with E-state index in [1.54, 1.807) is 42.5 Å². The predicted molar refractivity (Wildman–Crippen MR) is 85.0 cm³/mol. The lowest BCUT2D eigenvalue weighted by Crippen LogP contribution is -2.28. The molecule has 6 heteroatoms. The maximum atomic E-state index is 11.8. The first kappa shape index (κ1) is 15.5. The molecule has 3 N–H and O–H groups in total. The average Bonchev–Trinajstić information content (AvgIpc) is 2.46. The van der Waals surface area contributed by atoms with Crippen LogP contribution >= 0.6 is 23.2 Å². The number of rotatable bonds is 5. The van der Waals surface area contributed by atoms with E-state index in [0.717, 1.165) is 0 Å². The second-order valence-corrected chi connectivity index (χ2v) is 5.13. The molecule has 0 saturated heterocycles. The summed E-state index contributed by atoms with van der Waals surface area (Å²) in [7, 11) is 1.50. The van der Waals surface area contributed by atoms with E-state index in [-0.39, 0.29) is 0 Å². The number of hydrogen-bond donors (Lipinski definition) is 2. The van der Waals surface area contributed by atoms with Crippen LogP contribution in [0, 0.1) is 0 Å². The maximum absolute atomic E-state index is 11.8. The number of amides is 1. The van der Waals surface area contributed by atoms with Gasteiger partial charge in [0.1, 0.15) is 11.8 Å². The zero-order chi connectivity index (χ0) is 15.4. The highest BCUT2D eigenvalue weighted by atomic mass is 35.5. The van der Waals surface area contributed by atoms with Gasteiger partial charge in [0, 0.05) is 5.56 Å². The van der Waals surface area contributed by atoms with E-state index in [4.69, 9.17) is 33.7 Å². The molecule has 4 nitrogen and oxygen atoms in total. The van der Waals surface area contributed by atoms with Gasteiger partial charge in [-0.15, -0.1) is 0 Å². The highest BCUT2D eigenvalue weighted by molar-refractivity contribution is 6.33. The standard InChI is InChI=1S/C15H14Cl2N2O2/c1-21-12-8-4-6-10(17)13(12)14(15(18)20)19-11-7-3-2-5-9(11)16/h2-8,14,19H,1H3,(H2,18,20). The molecule has 0 saturated carbocycles. The quantitative estimate of drug-likeness (QED) is 0.882. The number of benzene rings is 2. The van der Waals surface area contributed by atoms with Crippen molar-refractivity contribution in [2.75, 3.05) is 12.4 Å². The lowest BCUT2D eigenvalue weighted by Gasteiger charge is -2.21. The zero-order valence-corrected chi connectivity index (χ0v) is 12.8. The van der Waals surface area contributed by atoms with Crippen molar-refractivity contribution in [1.82, 2.24) is 0 Å². The second kappa shape index (κ2) is 6.70. The zero-order valence-electron chi connectivity index (χ0n) is 11.3. The van der Waals surface area contributed by atoms with Gasteiger partial charge in [-0.1, -0.05) is 41.4 Å². The van der Waals surface area contributed by atoms with E-state index < -0.39 is 11.9 Å².